The van der Waals surface area contributed by atoms with Crippen LogP contribution in [-0.2, 0) is 12.8 Å². The maximum Gasteiger partial charge on any atom is 0.336 e. The second-order valence-corrected chi connectivity index (χ2v) is 9.66. The zero-order valence-corrected chi connectivity index (χ0v) is 21.1. The molecule has 3 rings (SSSR count). The van der Waals surface area contributed by atoms with Crippen LogP contribution in [0.1, 0.15) is 87.2 Å². The Morgan fingerprint density at radius 3 is 1.79 bits per heavy atom. The molecule has 180 valence electrons. The number of benzene rings is 3. The van der Waals surface area contributed by atoms with Crippen LogP contribution in [0.4, 0.5) is 0 Å². The fourth-order valence-corrected chi connectivity index (χ4v) is 4.59. The van der Waals surface area contributed by atoms with Crippen molar-refractivity contribution in [2.45, 2.75) is 78.6 Å². The van der Waals surface area contributed by atoms with Crippen LogP contribution in [-0.4, -0.2) is 11.1 Å². The van der Waals surface area contributed by atoms with Crippen molar-refractivity contribution in [2.24, 2.45) is 5.92 Å². The molecule has 0 radical (unpaired) electrons. The van der Waals surface area contributed by atoms with Crippen LogP contribution in [0.3, 0.4) is 0 Å². The average Bonchev–Trinajstić information content (AvgIpc) is 2.86. The van der Waals surface area contributed by atoms with Gasteiger partial charge in [0, 0.05) is 0 Å². The minimum Gasteiger partial charge on any atom is -0.478 e. The maximum atomic E-state index is 12.4. The summed E-state index contributed by atoms with van der Waals surface area (Å²) < 4.78 is 0. The van der Waals surface area contributed by atoms with E-state index in [1.54, 1.807) is 0 Å². The topological polar surface area (TPSA) is 37.3 Å². The molecule has 0 saturated heterocycles. The first-order valence-electron chi connectivity index (χ1n) is 13.1. The summed E-state index contributed by atoms with van der Waals surface area (Å²) in [6.45, 7) is 6.72. The number of aryl methyl sites for hydroxylation is 1. The molecule has 0 aliphatic rings. The van der Waals surface area contributed by atoms with Crippen LogP contribution < -0.4 is 0 Å². The number of hydrogen-bond acceptors (Lipinski definition) is 1. The molecule has 0 aliphatic heterocycles. The summed E-state index contributed by atoms with van der Waals surface area (Å²) in [4.78, 5) is 12.4. The summed E-state index contributed by atoms with van der Waals surface area (Å²) in [7, 11) is 0. The first kappa shape index (κ1) is 25.7. The number of carbonyl (C=O) groups is 1. The molecule has 0 aliphatic carbocycles. The Balaban J connectivity index is 1.78. The third kappa shape index (κ3) is 7.06. The smallest absolute Gasteiger partial charge is 0.336 e. The second-order valence-electron chi connectivity index (χ2n) is 9.66. The number of hydrogen-bond donors (Lipinski definition) is 1. The Labute approximate surface area is 206 Å². The van der Waals surface area contributed by atoms with E-state index in [1.165, 1.54) is 49.7 Å². The first-order valence-corrected chi connectivity index (χ1v) is 13.1. The lowest BCUT2D eigenvalue weighted by atomic mass is 9.90. The van der Waals surface area contributed by atoms with Gasteiger partial charge in [-0.1, -0.05) is 126 Å². The van der Waals surface area contributed by atoms with Crippen LogP contribution in [0.25, 0.3) is 22.3 Å². The van der Waals surface area contributed by atoms with Gasteiger partial charge in [-0.25, -0.2) is 4.79 Å². The molecule has 1 atom stereocenters. The van der Waals surface area contributed by atoms with E-state index in [0.717, 1.165) is 41.5 Å². The van der Waals surface area contributed by atoms with Crippen LogP contribution in [0, 0.1) is 5.92 Å². The normalized spacial score (nSPS) is 12.0. The quantitative estimate of drug-likeness (QED) is 0.260. The Morgan fingerprint density at radius 2 is 1.26 bits per heavy atom. The standard InChI is InChI=1S/C32H40O2/c1-4-6-7-8-9-10-12-25-15-19-27(20-16-25)29-13-11-14-30(31(29)32(33)34)28-21-17-26(18-22-28)23-24(3)5-2/h11,13-22,24H,4-10,12,23H2,1-3H3,(H,33,34)/t24-/m0/s1. The molecule has 0 heterocycles. The van der Waals surface area contributed by atoms with Gasteiger partial charge in [-0.2, -0.15) is 0 Å². The third-order valence-corrected chi connectivity index (χ3v) is 6.91. The zero-order chi connectivity index (χ0) is 24.3. The molecule has 0 saturated carbocycles. The lowest BCUT2D eigenvalue weighted by Gasteiger charge is -2.14. The van der Waals surface area contributed by atoms with Crippen LogP contribution >= 0.6 is 0 Å². The van der Waals surface area contributed by atoms with Crippen molar-refractivity contribution < 1.29 is 9.90 Å². The molecule has 2 heteroatoms. The van der Waals surface area contributed by atoms with Gasteiger partial charge in [-0.15, -0.1) is 0 Å². The van der Waals surface area contributed by atoms with Gasteiger partial charge in [0.2, 0.25) is 0 Å². The molecule has 0 amide bonds. The second kappa shape index (κ2) is 13.1. The number of unbranched alkanes of at least 4 members (excludes halogenated alkanes) is 5. The molecular formula is C32H40O2. The highest BCUT2D eigenvalue weighted by atomic mass is 16.4. The van der Waals surface area contributed by atoms with Crippen molar-refractivity contribution in [3.63, 3.8) is 0 Å². The van der Waals surface area contributed by atoms with Crippen molar-refractivity contribution in [3.8, 4) is 22.3 Å². The van der Waals surface area contributed by atoms with Gasteiger partial charge >= 0.3 is 5.97 Å². The number of aromatic carboxylic acids is 1. The number of carboxylic acids is 1. The van der Waals surface area contributed by atoms with Crippen molar-refractivity contribution in [1.82, 2.24) is 0 Å². The molecule has 3 aromatic carbocycles. The largest absolute Gasteiger partial charge is 0.478 e. The fraction of sp³-hybridized carbons (Fsp3) is 0.406. The average molecular weight is 457 g/mol. The molecule has 34 heavy (non-hydrogen) atoms. The molecule has 2 nitrogen and oxygen atoms in total. The molecule has 0 unspecified atom stereocenters. The van der Waals surface area contributed by atoms with Gasteiger partial charge in [0.25, 0.3) is 0 Å². The van der Waals surface area contributed by atoms with E-state index in [-0.39, 0.29) is 0 Å². The van der Waals surface area contributed by atoms with Gasteiger partial charge in [0.05, 0.1) is 5.56 Å². The van der Waals surface area contributed by atoms with E-state index >= 15 is 0 Å². The van der Waals surface area contributed by atoms with Gasteiger partial charge < -0.3 is 5.11 Å². The number of carboxylic acid groups (broad SMARTS) is 1. The molecular weight excluding hydrogens is 416 g/mol. The molecule has 0 bridgehead atoms. The van der Waals surface area contributed by atoms with Gasteiger partial charge in [0.1, 0.15) is 0 Å². The summed E-state index contributed by atoms with van der Waals surface area (Å²) in [5.41, 5.74) is 6.46. The highest BCUT2D eigenvalue weighted by molar-refractivity contribution is 6.03. The molecule has 3 aromatic rings. The predicted molar refractivity (Wildman–Crippen MR) is 145 cm³/mol. The van der Waals surface area contributed by atoms with Crippen molar-refractivity contribution in [2.75, 3.05) is 0 Å². The molecule has 0 aromatic heterocycles. The van der Waals surface area contributed by atoms with E-state index < -0.39 is 5.97 Å². The van der Waals surface area contributed by atoms with Crippen molar-refractivity contribution >= 4 is 5.97 Å². The minimum absolute atomic E-state index is 0.376. The molecule has 0 fully saturated rings. The summed E-state index contributed by atoms with van der Waals surface area (Å²) in [6, 6.07) is 22.7. The Bertz CT molecular complexity index is 1030. The van der Waals surface area contributed by atoms with Crippen LogP contribution in [0.15, 0.2) is 66.7 Å². The third-order valence-electron chi connectivity index (χ3n) is 6.91. The summed E-state index contributed by atoms with van der Waals surface area (Å²) in [5.74, 6) is -0.238. The van der Waals surface area contributed by atoms with Gasteiger partial charge in [0.15, 0.2) is 0 Å². The van der Waals surface area contributed by atoms with Crippen molar-refractivity contribution in [1.29, 1.82) is 0 Å². The summed E-state index contributed by atoms with van der Waals surface area (Å²) >= 11 is 0. The molecule has 0 spiro atoms. The van der Waals surface area contributed by atoms with E-state index in [4.69, 9.17) is 0 Å². The minimum atomic E-state index is -0.884. The lowest BCUT2D eigenvalue weighted by molar-refractivity contribution is 0.0698. The zero-order valence-electron chi connectivity index (χ0n) is 21.1. The highest BCUT2D eigenvalue weighted by Gasteiger charge is 2.18. The van der Waals surface area contributed by atoms with E-state index in [2.05, 4.69) is 69.3 Å². The Hall–Kier alpha value is -2.87. The van der Waals surface area contributed by atoms with Crippen molar-refractivity contribution in [3.05, 3.63) is 83.4 Å². The van der Waals surface area contributed by atoms with E-state index in [1.807, 2.05) is 18.2 Å². The van der Waals surface area contributed by atoms with Crippen LogP contribution in [0.5, 0.6) is 0 Å². The van der Waals surface area contributed by atoms with Gasteiger partial charge in [-0.05, 0) is 58.6 Å². The first-order chi connectivity index (χ1) is 16.5. The fourth-order valence-electron chi connectivity index (χ4n) is 4.59. The monoisotopic (exact) mass is 456 g/mol. The SMILES string of the molecule is CCCCCCCCc1ccc(-c2cccc(-c3ccc(C[C@@H](C)CC)cc3)c2C(=O)O)cc1. The Kier molecular flexibility index (Phi) is 9.94. The highest BCUT2D eigenvalue weighted by Crippen LogP contribution is 2.33. The summed E-state index contributed by atoms with van der Waals surface area (Å²) in [5, 5.41) is 10.1. The van der Waals surface area contributed by atoms with E-state index in [9.17, 15) is 9.90 Å². The molecule has 1 N–H and O–H groups in total. The van der Waals surface area contributed by atoms with Crippen LogP contribution in [0.2, 0.25) is 0 Å². The van der Waals surface area contributed by atoms with Gasteiger partial charge in [-0.3, -0.25) is 0 Å². The maximum absolute atomic E-state index is 12.4. The summed E-state index contributed by atoms with van der Waals surface area (Å²) in [6.07, 6.45) is 11.1. The Morgan fingerprint density at radius 1 is 0.735 bits per heavy atom. The predicted octanol–water partition coefficient (Wildman–Crippen LogP) is 9.21. The van der Waals surface area contributed by atoms with E-state index in [0.29, 0.717) is 11.5 Å². The lowest BCUT2D eigenvalue weighted by Crippen LogP contribution is -2.03. The number of rotatable bonds is 13.